The third-order valence-corrected chi connectivity index (χ3v) is 2.78. The van der Waals surface area contributed by atoms with Gasteiger partial charge in [-0.3, -0.25) is 0 Å². The average Bonchev–Trinajstić information content (AvgIpc) is 2.65. The fourth-order valence-electron chi connectivity index (χ4n) is 2.12. The summed E-state index contributed by atoms with van der Waals surface area (Å²) >= 11 is 0. The Balaban J connectivity index is 2.56. The monoisotopic (exact) mass is 233 g/mol. The first-order valence-corrected chi connectivity index (χ1v) is 5.61. The number of aryl methyl sites for hydroxylation is 2. The first-order chi connectivity index (χ1) is 8.13. The lowest BCUT2D eigenvalue weighted by molar-refractivity contribution is 0.496. The summed E-state index contributed by atoms with van der Waals surface area (Å²) in [6.07, 6.45) is 1.60. The van der Waals surface area contributed by atoms with Crippen molar-refractivity contribution in [3.63, 3.8) is 0 Å². The Hall–Kier alpha value is -1.61. The van der Waals surface area contributed by atoms with E-state index in [1.165, 1.54) is 0 Å². The zero-order valence-electron chi connectivity index (χ0n) is 10.3. The molecule has 0 aliphatic heterocycles. The SMILES string of the molecule is CNCc1occc1-c1c(C)cc(C)cc1F. The molecule has 0 aliphatic carbocycles. The van der Waals surface area contributed by atoms with Crippen LogP contribution in [-0.2, 0) is 6.54 Å². The van der Waals surface area contributed by atoms with Crippen LogP contribution in [0.4, 0.5) is 4.39 Å². The standard InChI is InChI=1S/C14H16FNO/c1-9-6-10(2)14(12(15)7-9)11-4-5-17-13(11)8-16-3/h4-7,16H,8H2,1-3H3. The topological polar surface area (TPSA) is 25.2 Å². The molecular weight excluding hydrogens is 217 g/mol. The van der Waals surface area contributed by atoms with Crippen molar-refractivity contribution >= 4 is 0 Å². The normalized spacial score (nSPS) is 10.8. The van der Waals surface area contributed by atoms with Crippen molar-refractivity contribution in [2.45, 2.75) is 20.4 Å². The molecule has 0 radical (unpaired) electrons. The predicted octanol–water partition coefficient (Wildman–Crippen LogP) is 3.42. The van der Waals surface area contributed by atoms with Gasteiger partial charge in [0.25, 0.3) is 0 Å². The summed E-state index contributed by atoms with van der Waals surface area (Å²) in [4.78, 5) is 0. The number of rotatable bonds is 3. The molecule has 0 spiro atoms. The molecule has 2 rings (SSSR count). The van der Waals surface area contributed by atoms with E-state index in [0.29, 0.717) is 12.1 Å². The van der Waals surface area contributed by atoms with E-state index in [4.69, 9.17) is 4.42 Å². The first-order valence-electron chi connectivity index (χ1n) is 5.61. The molecule has 2 nitrogen and oxygen atoms in total. The van der Waals surface area contributed by atoms with Crippen LogP contribution in [0.3, 0.4) is 0 Å². The van der Waals surface area contributed by atoms with Crippen LogP contribution < -0.4 is 5.32 Å². The van der Waals surface area contributed by atoms with E-state index in [9.17, 15) is 4.39 Å². The zero-order chi connectivity index (χ0) is 12.4. The predicted molar refractivity (Wildman–Crippen MR) is 66.3 cm³/mol. The van der Waals surface area contributed by atoms with Gasteiger partial charge in [-0.2, -0.15) is 0 Å². The third-order valence-electron chi connectivity index (χ3n) is 2.78. The number of furan rings is 1. The smallest absolute Gasteiger partial charge is 0.131 e. The van der Waals surface area contributed by atoms with E-state index in [1.54, 1.807) is 12.3 Å². The number of hydrogen-bond acceptors (Lipinski definition) is 2. The molecule has 90 valence electrons. The van der Waals surface area contributed by atoms with E-state index in [2.05, 4.69) is 5.32 Å². The van der Waals surface area contributed by atoms with E-state index < -0.39 is 0 Å². The fraction of sp³-hybridized carbons (Fsp3) is 0.286. The van der Waals surface area contributed by atoms with Gasteiger partial charge in [-0.15, -0.1) is 0 Å². The van der Waals surface area contributed by atoms with Gasteiger partial charge >= 0.3 is 0 Å². The maximum Gasteiger partial charge on any atom is 0.131 e. The van der Waals surface area contributed by atoms with Crippen LogP contribution in [0.2, 0.25) is 0 Å². The second kappa shape index (κ2) is 4.72. The van der Waals surface area contributed by atoms with Crippen LogP contribution in [-0.4, -0.2) is 7.05 Å². The molecule has 0 aliphatic rings. The number of nitrogens with one attached hydrogen (secondary N) is 1. The highest BCUT2D eigenvalue weighted by Gasteiger charge is 2.15. The Morgan fingerprint density at radius 1 is 1.29 bits per heavy atom. The Morgan fingerprint density at radius 2 is 2.06 bits per heavy atom. The van der Waals surface area contributed by atoms with Gasteiger partial charge in [0.15, 0.2) is 0 Å². The van der Waals surface area contributed by atoms with Crippen LogP contribution >= 0.6 is 0 Å². The fourth-order valence-corrected chi connectivity index (χ4v) is 2.12. The average molecular weight is 233 g/mol. The molecular formula is C14H16FNO. The molecule has 3 heteroatoms. The molecule has 0 atom stereocenters. The maximum absolute atomic E-state index is 14.0. The van der Waals surface area contributed by atoms with E-state index in [-0.39, 0.29) is 5.82 Å². The van der Waals surface area contributed by atoms with E-state index in [0.717, 1.165) is 22.5 Å². The van der Waals surface area contributed by atoms with Crippen molar-refractivity contribution in [2.75, 3.05) is 7.05 Å². The number of benzene rings is 1. The summed E-state index contributed by atoms with van der Waals surface area (Å²) in [7, 11) is 1.84. The third kappa shape index (κ3) is 2.24. The summed E-state index contributed by atoms with van der Waals surface area (Å²) in [5, 5.41) is 3.01. The van der Waals surface area contributed by atoms with Crippen molar-refractivity contribution in [3.8, 4) is 11.1 Å². The van der Waals surface area contributed by atoms with Crippen molar-refractivity contribution in [3.05, 3.63) is 47.2 Å². The maximum atomic E-state index is 14.0. The van der Waals surface area contributed by atoms with Crippen molar-refractivity contribution in [2.24, 2.45) is 0 Å². The van der Waals surface area contributed by atoms with Gasteiger partial charge in [0, 0.05) is 11.1 Å². The molecule has 0 saturated heterocycles. The van der Waals surface area contributed by atoms with Gasteiger partial charge in [-0.25, -0.2) is 4.39 Å². The quantitative estimate of drug-likeness (QED) is 0.878. The zero-order valence-corrected chi connectivity index (χ0v) is 10.3. The minimum atomic E-state index is -0.193. The summed E-state index contributed by atoms with van der Waals surface area (Å²) in [6.45, 7) is 4.40. The van der Waals surface area contributed by atoms with Crippen LogP contribution in [0, 0.1) is 19.7 Å². The highest BCUT2D eigenvalue weighted by molar-refractivity contribution is 5.70. The van der Waals surface area contributed by atoms with Gasteiger partial charge in [0.1, 0.15) is 11.6 Å². The summed E-state index contributed by atoms with van der Waals surface area (Å²) in [5.41, 5.74) is 3.33. The summed E-state index contributed by atoms with van der Waals surface area (Å²) < 4.78 is 19.4. The van der Waals surface area contributed by atoms with E-state index in [1.807, 2.05) is 33.0 Å². The van der Waals surface area contributed by atoms with Crippen molar-refractivity contribution in [1.82, 2.24) is 5.32 Å². The lowest BCUT2D eigenvalue weighted by Gasteiger charge is -2.09. The molecule has 17 heavy (non-hydrogen) atoms. The van der Waals surface area contributed by atoms with Crippen LogP contribution in [0.5, 0.6) is 0 Å². The molecule has 1 aromatic carbocycles. The molecule has 0 amide bonds. The minimum Gasteiger partial charge on any atom is -0.467 e. The highest BCUT2D eigenvalue weighted by Crippen LogP contribution is 2.31. The second-order valence-electron chi connectivity index (χ2n) is 4.23. The van der Waals surface area contributed by atoms with Crippen molar-refractivity contribution < 1.29 is 8.81 Å². The van der Waals surface area contributed by atoms with E-state index >= 15 is 0 Å². The molecule has 1 aromatic heterocycles. The lowest BCUT2D eigenvalue weighted by Crippen LogP contribution is -2.05. The summed E-state index contributed by atoms with van der Waals surface area (Å²) in [5.74, 6) is 0.569. The first kappa shape index (κ1) is 11.9. The molecule has 0 bridgehead atoms. The van der Waals surface area contributed by atoms with Crippen molar-refractivity contribution in [1.29, 1.82) is 0 Å². The Morgan fingerprint density at radius 3 is 2.71 bits per heavy atom. The number of halogens is 1. The Bertz CT molecular complexity index is 508. The van der Waals surface area contributed by atoms with Gasteiger partial charge < -0.3 is 9.73 Å². The summed E-state index contributed by atoms with van der Waals surface area (Å²) in [6, 6.07) is 5.35. The number of hydrogen-bond donors (Lipinski definition) is 1. The molecule has 1 heterocycles. The van der Waals surface area contributed by atoms with Crippen LogP contribution in [0.15, 0.2) is 28.9 Å². The van der Waals surface area contributed by atoms with Gasteiger partial charge in [0.05, 0.1) is 12.8 Å². The molecule has 0 saturated carbocycles. The van der Waals surface area contributed by atoms with Crippen LogP contribution in [0.1, 0.15) is 16.9 Å². The van der Waals surface area contributed by atoms with Gasteiger partial charge in [0.2, 0.25) is 0 Å². The van der Waals surface area contributed by atoms with Crippen LogP contribution in [0.25, 0.3) is 11.1 Å². The highest BCUT2D eigenvalue weighted by atomic mass is 19.1. The minimum absolute atomic E-state index is 0.193. The Labute approximate surface area is 100 Å². The van der Waals surface area contributed by atoms with Gasteiger partial charge in [-0.05, 0) is 44.2 Å². The lowest BCUT2D eigenvalue weighted by atomic mass is 9.98. The second-order valence-corrected chi connectivity index (χ2v) is 4.23. The Kier molecular flexibility index (Phi) is 3.29. The molecule has 0 unspecified atom stereocenters. The molecule has 0 fully saturated rings. The largest absolute Gasteiger partial charge is 0.467 e. The van der Waals surface area contributed by atoms with Gasteiger partial charge in [-0.1, -0.05) is 6.07 Å². The molecule has 1 N–H and O–H groups in total. The molecule has 2 aromatic rings.